The first-order valence-electron chi connectivity index (χ1n) is 4.17. The molecule has 0 amide bonds. The Balaban J connectivity index is 2.42. The molecule has 3 atom stereocenters. The molecule has 3 unspecified atom stereocenters. The van der Waals surface area contributed by atoms with Crippen LogP contribution in [0.4, 0.5) is 0 Å². The first kappa shape index (κ1) is 8.78. The molecule has 3 N–H and O–H groups in total. The molecule has 1 aliphatic carbocycles. The van der Waals surface area contributed by atoms with E-state index in [-0.39, 0.29) is 0 Å². The number of hydrogen-bond acceptors (Lipinski definition) is 1. The second-order valence-electron chi connectivity index (χ2n) is 3.53. The first-order valence-corrected chi connectivity index (χ1v) is 4.58. The van der Waals surface area contributed by atoms with Gasteiger partial charge in [-0.05, 0) is 36.9 Å². The van der Waals surface area contributed by atoms with Gasteiger partial charge in [0, 0.05) is 6.04 Å². The largest absolute Gasteiger partial charge is 0.376 e. The molecular weight excluding hydrogens is 156 g/mol. The fourth-order valence-corrected chi connectivity index (χ4v) is 1.90. The molecule has 1 aliphatic rings. The molecule has 0 aromatic carbocycles. The summed E-state index contributed by atoms with van der Waals surface area (Å²) in [4.78, 5) is 0. The molecule has 0 bridgehead atoms. The van der Waals surface area contributed by atoms with Gasteiger partial charge in [-0.3, -0.25) is 0 Å². The van der Waals surface area contributed by atoms with E-state index >= 15 is 0 Å². The van der Waals surface area contributed by atoms with Crippen LogP contribution in [0.15, 0.2) is 0 Å². The standard InChI is InChI=1S/C8H16N2S/c1-5-3-4-7(6(5)2)10-8(9)11/h5-7H,3-4H2,1-2H3,(H3,9,10,11). The quantitative estimate of drug-likeness (QED) is 0.585. The highest BCUT2D eigenvalue weighted by Crippen LogP contribution is 2.30. The van der Waals surface area contributed by atoms with E-state index in [1.165, 1.54) is 12.8 Å². The summed E-state index contributed by atoms with van der Waals surface area (Å²) in [6.07, 6.45) is 2.50. The molecule has 11 heavy (non-hydrogen) atoms. The van der Waals surface area contributed by atoms with Crippen LogP contribution in [-0.2, 0) is 0 Å². The first-order chi connectivity index (χ1) is 5.11. The number of nitrogens with two attached hydrogens (primary N) is 1. The van der Waals surface area contributed by atoms with Crippen molar-refractivity contribution in [3.63, 3.8) is 0 Å². The molecule has 1 saturated carbocycles. The summed E-state index contributed by atoms with van der Waals surface area (Å²) in [5.74, 6) is 1.51. The third kappa shape index (κ3) is 2.06. The zero-order valence-electron chi connectivity index (χ0n) is 7.13. The van der Waals surface area contributed by atoms with Crippen LogP contribution < -0.4 is 11.1 Å². The Bertz CT molecular complexity index is 158. The maximum Gasteiger partial charge on any atom is 0.163 e. The lowest BCUT2D eigenvalue weighted by Gasteiger charge is -2.19. The van der Waals surface area contributed by atoms with E-state index in [0.29, 0.717) is 17.1 Å². The van der Waals surface area contributed by atoms with Crippen molar-refractivity contribution in [3.8, 4) is 0 Å². The third-order valence-corrected chi connectivity index (χ3v) is 2.91. The monoisotopic (exact) mass is 172 g/mol. The summed E-state index contributed by atoms with van der Waals surface area (Å²) in [7, 11) is 0. The number of thiocarbonyl (C=S) groups is 1. The molecular formula is C8H16N2S. The average Bonchev–Trinajstić information content (AvgIpc) is 2.18. The Kier molecular flexibility index (Phi) is 2.71. The van der Waals surface area contributed by atoms with Gasteiger partial charge in [-0.25, -0.2) is 0 Å². The van der Waals surface area contributed by atoms with E-state index in [1.54, 1.807) is 0 Å². The van der Waals surface area contributed by atoms with Gasteiger partial charge in [0.2, 0.25) is 0 Å². The van der Waals surface area contributed by atoms with Gasteiger partial charge < -0.3 is 11.1 Å². The van der Waals surface area contributed by atoms with Gasteiger partial charge in [0.1, 0.15) is 0 Å². The van der Waals surface area contributed by atoms with Crippen molar-refractivity contribution in [2.75, 3.05) is 0 Å². The minimum Gasteiger partial charge on any atom is -0.376 e. The summed E-state index contributed by atoms with van der Waals surface area (Å²) < 4.78 is 0. The van der Waals surface area contributed by atoms with Crippen molar-refractivity contribution < 1.29 is 0 Å². The molecule has 0 heterocycles. The second kappa shape index (κ2) is 3.39. The van der Waals surface area contributed by atoms with Crippen LogP contribution in [0.3, 0.4) is 0 Å². The van der Waals surface area contributed by atoms with Crippen molar-refractivity contribution >= 4 is 17.3 Å². The van der Waals surface area contributed by atoms with Crippen molar-refractivity contribution in [2.45, 2.75) is 32.7 Å². The lowest BCUT2D eigenvalue weighted by Crippen LogP contribution is -2.40. The van der Waals surface area contributed by atoms with Crippen LogP contribution in [0, 0.1) is 11.8 Å². The molecule has 0 aromatic heterocycles. The molecule has 0 aromatic rings. The highest BCUT2D eigenvalue weighted by Gasteiger charge is 2.29. The van der Waals surface area contributed by atoms with E-state index < -0.39 is 0 Å². The normalized spacial score (nSPS) is 37.1. The lowest BCUT2D eigenvalue weighted by atomic mass is 9.98. The second-order valence-corrected chi connectivity index (χ2v) is 3.97. The van der Waals surface area contributed by atoms with E-state index in [4.69, 9.17) is 18.0 Å². The number of nitrogens with one attached hydrogen (secondary N) is 1. The lowest BCUT2D eigenvalue weighted by molar-refractivity contribution is 0.403. The summed E-state index contributed by atoms with van der Waals surface area (Å²) in [5.41, 5.74) is 5.40. The van der Waals surface area contributed by atoms with Crippen LogP contribution in [-0.4, -0.2) is 11.2 Å². The predicted molar refractivity (Wildman–Crippen MR) is 51.3 cm³/mol. The van der Waals surface area contributed by atoms with Gasteiger partial charge in [0.15, 0.2) is 5.11 Å². The van der Waals surface area contributed by atoms with Crippen LogP contribution >= 0.6 is 12.2 Å². The average molecular weight is 172 g/mol. The molecule has 2 nitrogen and oxygen atoms in total. The van der Waals surface area contributed by atoms with Gasteiger partial charge in [0.05, 0.1) is 0 Å². The Morgan fingerprint density at radius 3 is 2.45 bits per heavy atom. The maximum atomic E-state index is 5.40. The number of hydrogen-bond donors (Lipinski definition) is 2. The molecule has 3 heteroatoms. The zero-order chi connectivity index (χ0) is 8.43. The highest BCUT2D eigenvalue weighted by molar-refractivity contribution is 7.80. The Morgan fingerprint density at radius 2 is 2.09 bits per heavy atom. The van der Waals surface area contributed by atoms with Crippen molar-refractivity contribution in [1.29, 1.82) is 0 Å². The summed E-state index contributed by atoms with van der Waals surface area (Å²) in [5, 5.41) is 3.57. The minimum atomic E-state index is 0.441. The Morgan fingerprint density at radius 1 is 1.45 bits per heavy atom. The van der Waals surface area contributed by atoms with Gasteiger partial charge in [-0.15, -0.1) is 0 Å². The molecule has 0 aliphatic heterocycles. The summed E-state index contributed by atoms with van der Waals surface area (Å²) in [6, 6.07) is 0.516. The molecule has 1 rings (SSSR count). The van der Waals surface area contributed by atoms with E-state index in [9.17, 15) is 0 Å². The van der Waals surface area contributed by atoms with Gasteiger partial charge in [-0.1, -0.05) is 13.8 Å². The fraction of sp³-hybridized carbons (Fsp3) is 0.875. The van der Waals surface area contributed by atoms with Crippen LogP contribution in [0.1, 0.15) is 26.7 Å². The maximum absolute atomic E-state index is 5.40. The zero-order valence-corrected chi connectivity index (χ0v) is 7.95. The van der Waals surface area contributed by atoms with Crippen molar-refractivity contribution in [3.05, 3.63) is 0 Å². The smallest absolute Gasteiger partial charge is 0.163 e. The molecule has 64 valence electrons. The van der Waals surface area contributed by atoms with Gasteiger partial charge in [0.25, 0.3) is 0 Å². The van der Waals surface area contributed by atoms with Crippen molar-refractivity contribution in [1.82, 2.24) is 5.32 Å². The Labute approximate surface area is 73.5 Å². The van der Waals surface area contributed by atoms with Gasteiger partial charge in [-0.2, -0.15) is 0 Å². The molecule has 0 spiro atoms. The van der Waals surface area contributed by atoms with Crippen molar-refractivity contribution in [2.24, 2.45) is 17.6 Å². The Hall–Kier alpha value is -0.310. The topological polar surface area (TPSA) is 38.0 Å². The van der Waals surface area contributed by atoms with Crippen LogP contribution in [0.2, 0.25) is 0 Å². The van der Waals surface area contributed by atoms with Crippen LogP contribution in [0.25, 0.3) is 0 Å². The molecule has 0 saturated heterocycles. The SMILES string of the molecule is CC1CCC(NC(N)=S)C1C. The fourth-order valence-electron chi connectivity index (χ4n) is 1.75. The molecule has 1 fully saturated rings. The van der Waals surface area contributed by atoms with E-state index in [0.717, 1.165) is 5.92 Å². The van der Waals surface area contributed by atoms with E-state index in [2.05, 4.69) is 19.2 Å². The number of rotatable bonds is 1. The molecule has 0 radical (unpaired) electrons. The van der Waals surface area contributed by atoms with E-state index in [1.807, 2.05) is 0 Å². The third-order valence-electron chi connectivity index (χ3n) is 2.79. The summed E-state index contributed by atoms with van der Waals surface area (Å²) >= 11 is 4.79. The minimum absolute atomic E-state index is 0.441. The highest BCUT2D eigenvalue weighted by atomic mass is 32.1. The predicted octanol–water partition coefficient (Wildman–Crippen LogP) is 1.25. The summed E-state index contributed by atoms with van der Waals surface area (Å²) in [6.45, 7) is 4.54. The van der Waals surface area contributed by atoms with Crippen LogP contribution in [0.5, 0.6) is 0 Å². The van der Waals surface area contributed by atoms with Gasteiger partial charge >= 0.3 is 0 Å².